The number of aliphatic hydroxyl groups excluding tert-OH is 1. The molecule has 1 fully saturated rings. The van der Waals surface area contributed by atoms with E-state index < -0.39 is 132 Å². The van der Waals surface area contributed by atoms with Crippen molar-refractivity contribution >= 4 is 93.4 Å². The number of benzene rings is 5. The Kier molecular flexibility index (Phi) is 29.3. The van der Waals surface area contributed by atoms with Crippen LogP contribution in [0.1, 0.15) is 87.1 Å². The molecule has 0 spiro atoms. The molecule has 30 nitrogen and oxygen atoms in total. The van der Waals surface area contributed by atoms with Crippen molar-refractivity contribution in [3.05, 3.63) is 173 Å². The molecule has 1 saturated heterocycles. The van der Waals surface area contributed by atoms with E-state index in [-0.39, 0.29) is 96.0 Å². The highest BCUT2D eigenvalue weighted by molar-refractivity contribution is 6.30. The summed E-state index contributed by atoms with van der Waals surface area (Å²) in [5, 5.41) is 47.5. The number of guanidine groups is 1. The molecule has 1 aromatic heterocycles. The third-order valence-corrected chi connectivity index (χ3v) is 18.1. The number of primary amides is 2. The number of nitrogens with zero attached hydrogens (tertiary/aromatic N) is 2. The van der Waals surface area contributed by atoms with E-state index >= 15 is 9.59 Å². The van der Waals surface area contributed by atoms with Gasteiger partial charge in [0.1, 0.15) is 60.4 Å². The molecule has 18 N–H and O–H groups in total. The van der Waals surface area contributed by atoms with Crippen LogP contribution in [0.5, 0.6) is 11.5 Å². The Morgan fingerprint density at radius 1 is 0.571 bits per heavy atom. The summed E-state index contributed by atoms with van der Waals surface area (Å²) >= 11 is 6.25. The van der Waals surface area contributed by atoms with Crippen molar-refractivity contribution in [1.82, 2.24) is 63.1 Å². The predicted molar refractivity (Wildman–Crippen MR) is 389 cm³/mol. The molecule has 31 heteroatoms. The molecule has 10 atom stereocenters. The lowest BCUT2D eigenvalue weighted by atomic mass is 9.97. The first-order valence-corrected chi connectivity index (χ1v) is 35.0. The zero-order chi connectivity index (χ0) is 75.7. The average molecular weight is 1460 g/mol. The number of nitrogens with two attached hydrogens (primary N) is 3. The Balaban J connectivity index is 1.04. The largest absolute Gasteiger partial charge is 0.454 e. The second-order valence-corrected chi connectivity index (χ2v) is 26.7. The van der Waals surface area contributed by atoms with Crippen LogP contribution in [0.15, 0.2) is 140 Å². The van der Waals surface area contributed by atoms with Crippen molar-refractivity contribution in [1.29, 1.82) is 5.41 Å². The number of aliphatic hydroxyl groups is 1. The van der Waals surface area contributed by atoms with Crippen LogP contribution in [0.3, 0.4) is 0 Å². The molecule has 105 heavy (non-hydrogen) atoms. The van der Waals surface area contributed by atoms with Gasteiger partial charge in [-0.25, -0.2) is 4.79 Å². The van der Waals surface area contributed by atoms with Gasteiger partial charge in [0.05, 0.1) is 6.61 Å². The topological polar surface area (TPSA) is 465 Å². The highest BCUT2D eigenvalue weighted by Crippen LogP contribution is 2.33. The van der Waals surface area contributed by atoms with E-state index in [1.165, 1.54) is 24.2 Å². The molecule has 558 valence electrons. The van der Waals surface area contributed by atoms with Crippen molar-refractivity contribution in [2.45, 2.75) is 152 Å². The summed E-state index contributed by atoms with van der Waals surface area (Å²) in [5.41, 5.74) is 19.5. The van der Waals surface area contributed by atoms with Crippen LogP contribution < -0.4 is 79.8 Å². The molecule has 12 amide bonds. The van der Waals surface area contributed by atoms with Gasteiger partial charge in [-0.05, 0) is 127 Å². The molecule has 3 heterocycles. The first-order chi connectivity index (χ1) is 50.3. The Hall–Kier alpha value is -11.4. The van der Waals surface area contributed by atoms with E-state index in [0.29, 0.717) is 50.8 Å². The fraction of sp³-hybridized carbons (Fsp3) is 0.392. The minimum absolute atomic E-state index is 0.0114. The normalized spacial score (nSPS) is 15.5. The van der Waals surface area contributed by atoms with Gasteiger partial charge >= 0.3 is 6.03 Å². The molecule has 2 aliphatic heterocycles. The van der Waals surface area contributed by atoms with Crippen molar-refractivity contribution < 1.29 is 67.3 Å². The van der Waals surface area contributed by atoms with E-state index in [1.54, 1.807) is 111 Å². The summed E-state index contributed by atoms with van der Waals surface area (Å²) in [4.78, 5) is 162. The number of fused-ring (bicyclic) bond motifs is 2. The number of likely N-dealkylation sites (tertiary alicyclic amines) is 1. The zero-order valence-electron chi connectivity index (χ0n) is 58.5. The number of urea groups is 1. The highest BCUT2D eigenvalue weighted by atomic mass is 35.5. The van der Waals surface area contributed by atoms with Crippen molar-refractivity contribution in [3.63, 3.8) is 0 Å². The number of amides is 12. The van der Waals surface area contributed by atoms with Gasteiger partial charge in [-0.1, -0.05) is 123 Å². The number of rotatable bonds is 37. The van der Waals surface area contributed by atoms with Gasteiger partial charge in [-0.3, -0.25) is 58.3 Å². The Morgan fingerprint density at radius 2 is 1.11 bits per heavy atom. The molecule has 6 aromatic rings. The number of hydrogen-bond acceptors (Lipinski definition) is 16. The minimum Gasteiger partial charge on any atom is -0.454 e. The van der Waals surface area contributed by atoms with Crippen LogP contribution in [0.4, 0.5) is 4.79 Å². The summed E-state index contributed by atoms with van der Waals surface area (Å²) in [5.74, 6) is -8.01. The lowest BCUT2D eigenvalue weighted by Crippen LogP contribution is -2.61. The minimum atomic E-state index is -1.81. The van der Waals surface area contributed by atoms with Gasteiger partial charge in [0.2, 0.25) is 65.9 Å². The fourth-order valence-corrected chi connectivity index (χ4v) is 12.4. The van der Waals surface area contributed by atoms with Crippen LogP contribution >= 0.6 is 11.6 Å². The molecule has 5 aromatic carbocycles. The summed E-state index contributed by atoms with van der Waals surface area (Å²) in [6, 6.07) is 21.5. The SMILES string of the molecule is CC(C)C[C@H](NC(=O)[C@@H](Cc1cccnc1)NC(=O)[C@H](CCc1ccc2c(c1)OCO2)NC(=O)[C@H](CO)NC(=O)[C@@H](Cc1ccccc1)NC(=O)[C@@H](Cc1ccc(Cl)cc1)NC(=O)[C@@H](Cc1cccc2ccccc12)NC(N)=O)C(=O)N[C@@H](CCCNC(=N)N)C(=O)N1CCC[C@H]1C(=O)N[C@H](C)C(N)=O. The Bertz CT molecular complexity index is 4060. The fourth-order valence-electron chi connectivity index (χ4n) is 12.3. The maximum absolute atomic E-state index is 15.1. The molecule has 2 aliphatic rings. The third kappa shape index (κ3) is 23.8. The Morgan fingerprint density at radius 3 is 1.74 bits per heavy atom. The molecular weight excluding hydrogens is 1370 g/mol. The number of carbonyl (C=O) groups is 11. The van der Waals surface area contributed by atoms with Gasteiger partial charge in [-0.15, -0.1) is 0 Å². The number of nitrogens with one attached hydrogen (secondary N) is 11. The number of ether oxygens (including phenoxy) is 2. The molecule has 0 unspecified atom stereocenters. The summed E-state index contributed by atoms with van der Waals surface area (Å²) < 4.78 is 11.1. The van der Waals surface area contributed by atoms with Gasteiger partial charge in [0.15, 0.2) is 17.5 Å². The predicted octanol–water partition coefficient (Wildman–Crippen LogP) is 1.23. The van der Waals surface area contributed by atoms with Gasteiger partial charge in [0.25, 0.3) is 0 Å². The number of pyridine rings is 1. The van der Waals surface area contributed by atoms with E-state index in [2.05, 4.69) is 58.2 Å². The number of hydrogen-bond donors (Lipinski definition) is 15. The van der Waals surface area contributed by atoms with Crippen molar-refractivity contribution in [3.8, 4) is 11.5 Å². The second-order valence-electron chi connectivity index (χ2n) is 26.3. The number of carbonyl (C=O) groups excluding carboxylic acids is 11. The molecule has 0 saturated carbocycles. The van der Waals surface area contributed by atoms with Crippen LogP contribution in [-0.2, 0) is 80.0 Å². The third-order valence-electron chi connectivity index (χ3n) is 17.8. The first kappa shape index (κ1) is 79.3. The maximum atomic E-state index is 15.1. The van der Waals surface area contributed by atoms with Crippen LogP contribution in [0.25, 0.3) is 10.8 Å². The number of aromatic nitrogens is 1. The quantitative estimate of drug-likeness (QED) is 0.0148. The van der Waals surface area contributed by atoms with Crippen LogP contribution in [0, 0.1) is 11.3 Å². The van der Waals surface area contributed by atoms with E-state index in [0.717, 1.165) is 10.8 Å². The molecule has 0 aliphatic carbocycles. The van der Waals surface area contributed by atoms with Gasteiger partial charge in [0, 0.05) is 56.2 Å². The first-order valence-electron chi connectivity index (χ1n) is 34.6. The molecule has 0 radical (unpaired) electrons. The summed E-state index contributed by atoms with van der Waals surface area (Å²) in [6.45, 7) is 4.19. The van der Waals surface area contributed by atoms with E-state index in [9.17, 15) is 48.3 Å². The van der Waals surface area contributed by atoms with Crippen LogP contribution in [-0.4, -0.2) is 173 Å². The highest BCUT2D eigenvalue weighted by Gasteiger charge is 2.40. The number of halogens is 1. The zero-order valence-corrected chi connectivity index (χ0v) is 59.3. The molecular formula is C74H91ClN16O14. The van der Waals surface area contributed by atoms with Gasteiger partial charge < -0.3 is 89.8 Å². The summed E-state index contributed by atoms with van der Waals surface area (Å²) in [7, 11) is 0. The van der Waals surface area contributed by atoms with E-state index in [1.807, 2.05) is 30.3 Å². The van der Waals surface area contributed by atoms with Crippen molar-refractivity contribution in [2.24, 2.45) is 23.1 Å². The second kappa shape index (κ2) is 38.8. The lowest BCUT2D eigenvalue weighted by molar-refractivity contribution is -0.142. The van der Waals surface area contributed by atoms with Crippen LogP contribution in [0.2, 0.25) is 5.02 Å². The standard InChI is InChI=1S/C74H91ClN16O14/c1-42(2)33-54(65(95)84-53(20-11-31-81-73(77)78)72(102)91-32-12-21-60(91)71(101)82-43(3)63(76)93)85-67(97)57(36-47-15-10-30-80-39-47)86-64(94)52(28-24-46-25-29-61-62(37-46)105-41-104-61)83-70(100)59(40-92)89-68(98)55(34-44-13-5-4-6-14-44)87-66(96)56(35-45-22-26-50(75)27-23-45)88-69(99)58(90-74(79)103)38-49-18-9-17-48-16-7-8-19-51(48)49/h4-10,13-19,22-23,25-27,29-30,37,39,42-43,52-60,92H,11-12,20-21,24,28,31-36,38,40-41H2,1-3H3,(H2,76,93)(H,82,101)(H,83,100)(H,84,95)(H,85,97)(H,86,94)(H,87,96)(H,88,99)(H,89,98)(H4,77,78,81)(H3,79,90,103)/t43-,52+,53+,54+,55-,56-,57-,58-,59+,60+/m1/s1. The van der Waals surface area contributed by atoms with Gasteiger partial charge in [-0.2, -0.15) is 0 Å². The Labute approximate surface area is 612 Å². The molecule has 8 rings (SSSR count). The lowest BCUT2D eigenvalue weighted by Gasteiger charge is -2.31. The number of aryl methyl sites for hydroxylation is 1. The summed E-state index contributed by atoms with van der Waals surface area (Å²) in [6.07, 6.45) is 3.16. The maximum Gasteiger partial charge on any atom is 0.312 e. The molecule has 0 bridgehead atoms. The monoisotopic (exact) mass is 1460 g/mol. The van der Waals surface area contributed by atoms with Crippen molar-refractivity contribution in [2.75, 3.05) is 26.5 Å². The van der Waals surface area contributed by atoms with E-state index in [4.69, 9.17) is 43.7 Å². The average Bonchev–Trinajstić information content (AvgIpc) is 1.73. The smallest absolute Gasteiger partial charge is 0.312 e.